The van der Waals surface area contributed by atoms with Gasteiger partial charge in [0.2, 0.25) is 23.6 Å². The SMILES string of the molecule is CC(C)C(N)C(=O)NC(Cc1cnc[nH]1)C(=O)NC(CCCN=C(N)N)C(=O)NC(CC(N)=O)C(=O)O. The maximum Gasteiger partial charge on any atom is 0.326 e. The molecular weight excluding hydrogens is 488 g/mol. The number of hydrogen-bond acceptors (Lipinski definition) is 8. The van der Waals surface area contributed by atoms with Gasteiger partial charge in [0, 0.05) is 24.9 Å². The quantitative estimate of drug-likeness (QED) is 0.0581. The lowest BCUT2D eigenvalue weighted by molar-refractivity contribution is -0.143. The first-order valence-electron chi connectivity index (χ1n) is 11.5. The van der Waals surface area contributed by atoms with Crippen molar-refractivity contribution in [3.8, 4) is 0 Å². The van der Waals surface area contributed by atoms with E-state index in [-0.39, 0.29) is 37.7 Å². The highest BCUT2D eigenvalue weighted by Gasteiger charge is 2.31. The number of carboxylic acids is 1. The van der Waals surface area contributed by atoms with Gasteiger partial charge in [-0.15, -0.1) is 0 Å². The number of H-pyrrole nitrogens is 1. The number of amides is 4. The second-order valence-corrected chi connectivity index (χ2v) is 8.69. The van der Waals surface area contributed by atoms with Crippen LogP contribution in [0.25, 0.3) is 0 Å². The highest BCUT2D eigenvalue weighted by atomic mass is 16.4. The summed E-state index contributed by atoms with van der Waals surface area (Å²) in [6.45, 7) is 3.62. The number of aliphatic imine (C=N–C) groups is 1. The Morgan fingerprint density at radius 3 is 2.11 bits per heavy atom. The van der Waals surface area contributed by atoms with Gasteiger partial charge in [-0.05, 0) is 18.8 Å². The molecule has 4 amide bonds. The molecule has 16 heteroatoms. The van der Waals surface area contributed by atoms with Gasteiger partial charge < -0.3 is 49.0 Å². The monoisotopic (exact) mass is 524 g/mol. The van der Waals surface area contributed by atoms with E-state index in [9.17, 15) is 29.1 Å². The Labute approximate surface area is 213 Å². The van der Waals surface area contributed by atoms with E-state index in [1.54, 1.807) is 13.8 Å². The smallest absolute Gasteiger partial charge is 0.326 e. The molecule has 0 spiro atoms. The summed E-state index contributed by atoms with van der Waals surface area (Å²) in [5.41, 5.74) is 22.1. The summed E-state index contributed by atoms with van der Waals surface area (Å²) in [5.74, 6) is -4.98. The molecule has 0 aliphatic carbocycles. The van der Waals surface area contributed by atoms with Crippen LogP contribution in [0.2, 0.25) is 0 Å². The molecule has 0 saturated heterocycles. The second-order valence-electron chi connectivity index (χ2n) is 8.69. The molecule has 0 saturated carbocycles. The fourth-order valence-corrected chi connectivity index (χ4v) is 3.11. The first kappa shape index (κ1) is 30.8. The number of nitrogens with one attached hydrogen (secondary N) is 4. The average Bonchev–Trinajstić information content (AvgIpc) is 3.31. The Hall–Kier alpha value is -4.21. The van der Waals surface area contributed by atoms with Crippen molar-refractivity contribution in [3.05, 3.63) is 18.2 Å². The Balaban J connectivity index is 3.11. The molecule has 206 valence electrons. The summed E-state index contributed by atoms with van der Waals surface area (Å²) in [7, 11) is 0. The van der Waals surface area contributed by atoms with Crippen molar-refractivity contribution >= 4 is 35.6 Å². The van der Waals surface area contributed by atoms with Crippen molar-refractivity contribution in [1.82, 2.24) is 25.9 Å². The molecule has 37 heavy (non-hydrogen) atoms. The first-order chi connectivity index (χ1) is 17.3. The molecule has 0 aliphatic heterocycles. The highest BCUT2D eigenvalue weighted by Crippen LogP contribution is 2.06. The van der Waals surface area contributed by atoms with Crippen LogP contribution in [0, 0.1) is 5.92 Å². The van der Waals surface area contributed by atoms with Crippen molar-refractivity contribution in [2.75, 3.05) is 6.54 Å². The fraction of sp³-hybridized carbons (Fsp3) is 0.571. The zero-order valence-electron chi connectivity index (χ0n) is 20.8. The van der Waals surface area contributed by atoms with Crippen LogP contribution in [-0.4, -0.2) is 81.3 Å². The van der Waals surface area contributed by atoms with Crippen LogP contribution in [0.1, 0.15) is 38.8 Å². The van der Waals surface area contributed by atoms with Gasteiger partial charge in [0.25, 0.3) is 0 Å². The van der Waals surface area contributed by atoms with Gasteiger partial charge in [-0.25, -0.2) is 9.78 Å². The number of carbonyl (C=O) groups is 5. The summed E-state index contributed by atoms with van der Waals surface area (Å²) in [6, 6.07) is -4.89. The summed E-state index contributed by atoms with van der Waals surface area (Å²) < 4.78 is 0. The van der Waals surface area contributed by atoms with Crippen molar-refractivity contribution in [3.63, 3.8) is 0 Å². The normalized spacial score (nSPS) is 14.1. The van der Waals surface area contributed by atoms with E-state index >= 15 is 0 Å². The number of aromatic nitrogens is 2. The molecule has 1 aromatic heterocycles. The number of carbonyl (C=O) groups excluding carboxylic acids is 4. The molecule has 4 unspecified atom stereocenters. The molecule has 1 rings (SSSR count). The van der Waals surface area contributed by atoms with Gasteiger partial charge in [0.05, 0.1) is 18.8 Å². The van der Waals surface area contributed by atoms with Gasteiger partial charge >= 0.3 is 5.97 Å². The van der Waals surface area contributed by atoms with Crippen LogP contribution in [0.3, 0.4) is 0 Å². The molecule has 0 fully saturated rings. The highest BCUT2D eigenvalue weighted by molar-refractivity contribution is 5.95. The van der Waals surface area contributed by atoms with Crippen molar-refractivity contribution in [2.45, 2.75) is 63.7 Å². The Kier molecular flexibility index (Phi) is 12.5. The molecule has 1 aromatic rings. The maximum absolute atomic E-state index is 13.2. The van der Waals surface area contributed by atoms with E-state index < -0.39 is 60.2 Å². The van der Waals surface area contributed by atoms with Crippen LogP contribution in [-0.2, 0) is 30.4 Å². The number of nitrogens with zero attached hydrogens (tertiary/aromatic N) is 2. The number of rotatable bonds is 16. The van der Waals surface area contributed by atoms with E-state index in [1.807, 2.05) is 0 Å². The molecular formula is C21H36N10O6. The fourth-order valence-electron chi connectivity index (χ4n) is 3.11. The van der Waals surface area contributed by atoms with Gasteiger partial charge in [-0.1, -0.05) is 13.8 Å². The minimum Gasteiger partial charge on any atom is -0.480 e. The third kappa shape index (κ3) is 11.4. The Bertz CT molecular complexity index is 961. The van der Waals surface area contributed by atoms with Crippen molar-refractivity contribution in [1.29, 1.82) is 0 Å². The summed E-state index contributed by atoms with van der Waals surface area (Å²) in [5, 5.41) is 16.6. The number of primary amides is 1. The number of imidazole rings is 1. The standard InChI is InChI=1S/C21H36N10O6/c1-10(2)16(23)19(35)30-13(6-11-8-26-9-28-11)18(34)29-12(4-3-5-27-21(24)25)17(33)31-14(20(36)37)7-15(22)32/h8-10,12-14,16H,3-7,23H2,1-2H3,(H2,22,32)(H,26,28)(H,29,34)(H,30,35)(H,31,33)(H,36,37)(H4,24,25,27). The number of guanidine groups is 1. The third-order valence-electron chi connectivity index (χ3n) is 5.23. The molecule has 0 radical (unpaired) electrons. The number of carboxylic acid groups (broad SMARTS) is 1. The van der Waals surface area contributed by atoms with E-state index in [0.29, 0.717) is 5.69 Å². The van der Waals surface area contributed by atoms with Gasteiger partial charge in [0.1, 0.15) is 18.1 Å². The first-order valence-corrected chi connectivity index (χ1v) is 11.5. The summed E-state index contributed by atoms with van der Waals surface area (Å²) >= 11 is 0. The zero-order chi connectivity index (χ0) is 28.1. The Morgan fingerprint density at radius 2 is 1.59 bits per heavy atom. The lowest BCUT2D eigenvalue weighted by Crippen LogP contribution is -2.58. The number of hydrogen-bond donors (Lipinski definition) is 9. The van der Waals surface area contributed by atoms with Crippen LogP contribution >= 0.6 is 0 Å². The third-order valence-corrected chi connectivity index (χ3v) is 5.23. The number of aliphatic carboxylic acids is 1. The number of aromatic amines is 1. The van der Waals surface area contributed by atoms with E-state index in [4.69, 9.17) is 22.9 Å². The number of nitrogens with two attached hydrogens (primary N) is 4. The maximum atomic E-state index is 13.2. The van der Waals surface area contributed by atoms with Crippen LogP contribution < -0.4 is 38.9 Å². The minimum absolute atomic E-state index is 0.00412. The molecule has 1 heterocycles. The molecule has 0 aromatic carbocycles. The van der Waals surface area contributed by atoms with E-state index in [2.05, 4.69) is 30.9 Å². The topological polar surface area (TPSA) is 287 Å². The second kappa shape index (κ2) is 15.0. The molecule has 0 bridgehead atoms. The van der Waals surface area contributed by atoms with Crippen LogP contribution in [0.5, 0.6) is 0 Å². The van der Waals surface area contributed by atoms with Crippen LogP contribution in [0.4, 0.5) is 0 Å². The molecule has 13 N–H and O–H groups in total. The zero-order valence-corrected chi connectivity index (χ0v) is 20.8. The minimum atomic E-state index is -1.60. The molecule has 4 atom stereocenters. The van der Waals surface area contributed by atoms with Gasteiger partial charge in [-0.2, -0.15) is 0 Å². The largest absolute Gasteiger partial charge is 0.480 e. The average molecular weight is 525 g/mol. The predicted octanol–water partition coefficient (Wildman–Crippen LogP) is -3.60. The van der Waals surface area contributed by atoms with Crippen molar-refractivity contribution < 1.29 is 29.1 Å². The summed E-state index contributed by atoms with van der Waals surface area (Å²) in [6.07, 6.45) is 2.46. The van der Waals surface area contributed by atoms with Crippen molar-refractivity contribution in [2.24, 2.45) is 33.8 Å². The lowest BCUT2D eigenvalue weighted by atomic mass is 10.0. The Morgan fingerprint density at radius 1 is 1.00 bits per heavy atom. The van der Waals surface area contributed by atoms with E-state index in [0.717, 1.165) is 0 Å². The van der Waals surface area contributed by atoms with Gasteiger partial charge in [0.15, 0.2) is 5.96 Å². The molecule has 16 nitrogen and oxygen atoms in total. The van der Waals surface area contributed by atoms with Gasteiger partial charge in [-0.3, -0.25) is 24.2 Å². The molecule has 0 aliphatic rings. The van der Waals surface area contributed by atoms with Crippen LogP contribution in [0.15, 0.2) is 17.5 Å². The predicted molar refractivity (Wildman–Crippen MR) is 132 cm³/mol. The van der Waals surface area contributed by atoms with E-state index in [1.165, 1.54) is 12.5 Å². The lowest BCUT2D eigenvalue weighted by Gasteiger charge is -2.25. The summed E-state index contributed by atoms with van der Waals surface area (Å²) in [4.78, 5) is 71.9.